The summed E-state index contributed by atoms with van der Waals surface area (Å²) in [4.78, 5) is 11.2. The third kappa shape index (κ3) is 21.4. The Morgan fingerprint density at radius 2 is 1.08 bits per heavy atom. The second-order valence-corrected chi connectivity index (χ2v) is 9.80. The fourth-order valence-electron chi connectivity index (χ4n) is 2.16. The van der Waals surface area contributed by atoms with Gasteiger partial charge in [-0.05, 0) is 60.7 Å². The second-order valence-electron chi connectivity index (χ2n) is 6.14. The van der Waals surface area contributed by atoms with Crippen LogP contribution in [0.1, 0.15) is 1.43 Å². The smallest absolute Gasteiger partial charge is 1.00 e. The molecule has 0 aliphatic rings. The van der Waals surface area contributed by atoms with Crippen LogP contribution in [-0.2, 0) is 9.68 Å². The molecule has 37 heavy (non-hydrogen) atoms. The Balaban J connectivity index is -0.000000462. The summed E-state index contributed by atoms with van der Waals surface area (Å²) in [5.74, 6) is 1.73. The van der Waals surface area contributed by atoms with E-state index in [1.54, 1.807) is 30.3 Å². The van der Waals surface area contributed by atoms with E-state index in [9.17, 15) is 4.39 Å². The molecule has 0 aromatic heterocycles. The summed E-state index contributed by atoms with van der Waals surface area (Å²) in [6.07, 6.45) is 0. The number of para-hydroxylation sites is 2. The molecule has 0 bridgehead atoms. The molecule has 0 aliphatic carbocycles. The van der Waals surface area contributed by atoms with Gasteiger partial charge in [0.15, 0.2) is 0 Å². The van der Waals surface area contributed by atoms with Crippen molar-refractivity contribution in [3.8, 4) is 17.2 Å². The third-order valence-corrected chi connectivity index (χ3v) is 5.27. The van der Waals surface area contributed by atoms with Gasteiger partial charge in [-0.1, -0.05) is 100 Å². The molecule has 0 unspecified atom stereocenters. The molecule has 5 nitrogen and oxygen atoms in total. The number of benzene rings is 4. The molecule has 0 atom stereocenters. The third-order valence-electron chi connectivity index (χ3n) is 3.44. The topological polar surface area (TPSA) is 78.8 Å². The van der Waals surface area contributed by atoms with Crippen LogP contribution in [0.3, 0.4) is 0 Å². The number of aromatic hydroxyl groups is 1. The Bertz CT molecular complexity index is 1100. The summed E-state index contributed by atoms with van der Waals surface area (Å²) in [5.41, 5.74) is 0. The van der Waals surface area contributed by atoms with Crippen LogP contribution in [0, 0.1) is 5.82 Å². The van der Waals surface area contributed by atoms with Crippen molar-refractivity contribution < 1.29 is 133 Å². The number of hydrogen-bond acceptors (Lipinski definition) is 5. The molecule has 4 aromatic carbocycles. The van der Waals surface area contributed by atoms with Gasteiger partial charge < -0.3 is 21.4 Å². The quantitative estimate of drug-likeness (QED) is 0.149. The molecule has 0 radical (unpaired) electrons. The van der Waals surface area contributed by atoms with Crippen molar-refractivity contribution >= 4 is 70.2 Å². The fraction of sp³-hybridized carbons (Fsp3) is 0. The van der Waals surface area contributed by atoms with Crippen LogP contribution >= 0.6 is 63.7 Å². The molecular weight excluding hydrogens is 797 g/mol. The van der Waals surface area contributed by atoms with Crippen LogP contribution in [0.5, 0.6) is 17.2 Å². The van der Waals surface area contributed by atoms with E-state index in [2.05, 4.69) is 68.6 Å². The summed E-state index contributed by atoms with van der Waals surface area (Å²) in [6, 6.07) is 28.8. The van der Waals surface area contributed by atoms with Gasteiger partial charge in [-0.3, -0.25) is 4.79 Å². The van der Waals surface area contributed by atoms with Crippen molar-refractivity contribution in [2.24, 2.45) is 0 Å². The average molecular weight is 816 g/mol. The minimum atomic E-state index is -0.240. The van der Waals surface area contributed by atoms with Crippen molar-refractivity contribution in [1.82, 2.24) is 0 Å². The first kappa shape index (κ1) is 40.2. The first-order valence-corrected chi connectivity index (χ1v) is 12.7. The van der Waals surface area contributed by atoms with Crippen LogP contribution < -0.4 is 113 Å². The number of rotatable bonds is 3. The largest absolute Gasteiger partial charge is 1.00 e. The summed E-state index contributed by atoms with van der Waals surface area (Å²) in [5, 5.41) is 17.1. The summed E-state index contributed by atoms with van der Waals surface area (Å²) >= 11 is 13.1. The van der Waals surface area contributed by atoms with E-state index in [-0.39, 0.29) is 116 Å². The van der Waals surface area contributed by atoms with Crippen molar-refractivity contribution in [3.05, 3.63) is 121 Å². The number of phenolic OH excluding ortho intramolecular Hbond substituents is 1. The zero-order chi connectivity index (χ0) is 26.1. The van der Waals surface area contributed by atoms with Crippen LogP contribution in [0.2, 0.25) is 0 Å². The zero-order valence-corrected chi connectivity index (χ0v) is 32.4. The Hall–Kier alpha value is 1.03. The molecule has 0 amide bonds. The Morgan fingerprint density at radius 1 is 0.703 bits per heavy atom. The number of ether oxygens (including phenoxy) is 1. The molecule has 12 heteroatoms. The first-order valence-electron chi connectivity index (χ1n) is 9.50. The van der Waals surface area contributed by atoms with Crippen molar-refractivity contribution in [1.29, 1.82) is 0 Å². The molecule has 4 aromatic rings. The molecular formula is C25H19Br4FK2O5. The van der Waals surface area contributed by atoms with Gasteiger partial charge in [0.05, 0.1) is 0 Å². The van der Waals surface area contributed by atoms with Crippen molar-refractivity contribution in [3.63, 3.8) is 0 Å². The van der Waals surface area contributed by atoms with Crippen LogP contribution in [0.15, 0.2) is 115 Å². The summed E-state index contributed by atoms with van der Waals surface area (Å²) in [7, 11) is 0. The molecule has 0 spiro atoms. The Labute approximate surface area is 335 Å². The van der Waals surface area contributed by atoms with Gasteiger partial charge >= 0.3 is 103 Å². The van der Waals surface area contributed by atoms with E-state index in [1.807, 2.05) is 54.6 Å². The fourth-order valence-corrected chi connectivity index (χ4v) is 4.65. The number of halogens is 5. The molecule has 0 fully saturated rings. The summed E-state index contributed by atoms with van der Waals surface area (Å²) in [6.45, 7) is -0.181. The maximum atomic E-state index is 12.4. The predicted octanol–water partition coefficient (Wildman–Crippen LogP) is 2.30. The van der Waals surface area contributed by atoms with Gasteiger partial charge in [0.2, 0.25) is 0 Å². The van der Waals surface area contributed by atoms with E-state index in [0.29, 0.717) is 5.75 Å². The van der Waals surface area contributed by atoms with Gasteiger partial charge in [-0.2, -0.15) is 0 Å². The number of carbonyl (C=O) groups is 1. The second kappa shape index (κ2) is 24.8. The maximum Gasteiger partial charge on any atom is 1.00 e. The monoisotopic (exact) mass is 812 g/mol. The molecule has 0 aliphatic heterocycles. The van der Waals surface area contributed by atoms with Gasteiger partial charge in [-0.25, -0.2) is 4.39 Å². The van der Waals surface area contributed by atoms with E-state index in [4.69, 9.17) is 19.9 Å². The van der Waals surface area contributed by atoms with Crippen LogP contribution in [0.4, 0.5) is 4.39 Å². The van der Waals surface area contributed by atoms with Crippen LogP contribution in [-0.4, -0.2) is 11.6 Å². The Morgan fingerprint density at radius 3 is 1.41 bits per heavy atom. The van der Waals surface area contributed by atoms with Gasteiger partial charge in [0.25, 0.3) is 6.47 Å². The molecule has 0 heterocycles. The zero-order valence-electron chi connectivity index (χ0n) is 20.8. The van der Waals surface area contributed by atoms with E-state index in [1.165, 1.54) is 12.1 Å². The standard InChI is InChI=1S/C12H8Br2O.C6H3Br2F.C6H6O.CH2O3.2K.H/c13-9-6-10(14)8-12(7-9)15-11-4-2-1-3-5-11;7-4-1-5(8)3-6(9)2-4;7-6-4-2-1-3-5-6;2-1-4-3;;;/h1-8H;1-3H;1-5,7H;1,3H;;;/q;;;;2*+1;-1/p-1. The normalized spacial score (nSPS) is 8.59. The first-order chi connectivity index (χ1) is 16.7. The average Bonchev–Trinajstić information content (AvgIpc) is 2.80. The van der Waals surface area contributed by atoms with Crippen LogP contribution in [0.25, 0.3) is 0 Å². The van der Waals surface area contributed by atoms with Gasteiger partial charge in [0.1, 0.15) is 23.1 Å². The van der Waals surface area contributed by atoms with E-state index >= 15 is 0 Å². The summed E-state index contributed by atoms with van der Waals surface area (Å²) < 4.78 is 21.5. The van der Waals surface area contributed by atoms with Gasteiger partial charge in [0, 0.05) is 17.9 Å². The van der Waals surface area contributed by atoms with Crippen molar-refractivity contribution in [2.75, 3.05) is 0 Å². The predicted molar refractivity (Wildman–Crippen MR) is 147 cm³/mol. The maximum absolute atomic E-state index is 12.4. The number of hydrogen-bond donors (Lipinski definition) is 1. The molecule has 1 N–H and O–H groups in total. The minimum absolute atomic E-state index is 0. The van der Waals surface area contributed by atoms with Crippen molar-refractivity contribution in [2.45, 2.75) is 0 Å². The molecule has 0 saturated heterocycles. The molecule has 186 valence electrons. The minimum Gasteiger partial charge on any atom is -1.00 e. The SMILES string of the molecule is Brc1cc(Br)cc(Oc2ccccc2)c1.Fc1cc(Br)cc(Br)c1.O=CO[O-].Oc1ccccc1.[H-].[K+].[K+]. The molecule has 0 saturated carbocycles. The molecule has 4 rings (SSSR count). The van der Waals surface area contributed by atoms with E-state index < -0.39 is 0 Å². The van der Waals surface area contributed by atoms with E-state index in [0.717, 1.165) is 29.4 Å². The number of phenols is 1. The number of carbonyl (C=O) groups excluding carboxylic acids is 1. The Kier molecular flexibility index (Phi) is 26.9. The van der Waals surface area contributed by atoms with Gasteiger partial charge in [-0.15, -0.1) is 0 Å².